The van der Waals surface area contributed by atoms with Gasteiger partial charge in [0.25, 0.3) is 0 Å². The first-order chi connectivity index (χ1) is 7.81. The fourth-order valence-corrected chi connectivity index (χ4v) is 3.25. The van der Waals surface area contributed by atoms with Crippen molar-refractivity contribution in [3.63, 3.8) is 0 Å². The Hall–Kier alpha value is -0.820. The van der Waals surface area contributed by atoms with Crippen LogP contribution in [0.15, 0.2) is 18.2 Å². The van der Waals surface area contributed by atoms with Gasteiger partial charge in [0, 0.05) is 6.42 Å². The van der Waals surface area contributed by atoms with E-state index in [0.717, 1.165) is 25.7 Å². The van der Waals surface area contributed by atoms with Gasteiger partial charge in [0.05, 0.1) is 5.60 Å². The van der Waals surface area contributed by atoms with Crippen LogP contribution in [-0.2, 0) is 6.42 Å². The van der Waals surface area contributed by atoms with Gasteiger partial charge in [-0.15, -0.1) is 0 Å². The summed E-state index contributed by atoms with van der Waals surface area (Å²) in [7, 11) is 0. The highest BCUT2D eigenvalue weighted by atomic mass is 16.3. The topological polar surface area (TPSA) is 20.2 Å². The summed E-state index contributed by atoms with van der Waals surface area (Å²) in [5.74, 6) is 0. The third-order valence-corrected chi connectivity index (χ3v) is 4.23. The number of benzene rings is 1. The van der Waals surface area contributed by atoms with Crippen LogP contribution in [0.3, 0.4) is 0 Å². The van der Waals surface area contributed by atoms with E-state index in [9.17, 15) is 5.11 Å². The molecule has 0 heterocycles. The second-order valence-corrected chi connectivity index (χ2v) is 6.61. The summed E-state index contributed by atoms with van der Waals surface area (Å²) >= 11 is 0. The first-order valence-corrected chi connectivity index (χ1v) is 6.59. The van der Waals surface area contributed by atoms with E-state index in [1.165, 1.54) is 16.7 Å². The van der Waals surface area contributed by atoms with E-state index in [1.54, 1.807) is 0 Å². The van der Waals surface area contributed by atoms with Crippen molar-refractivity contribution in [2.75, 3.05) is 0 Å². The second kappa shape index (κ2) is 4.13. The number of rotatable bonds is 2. The smallest absolute Gasteiger partial charge is 0.0693 e. The first-order valence-electron chi connectivity index (χ1n) is 6.59. The minimum Gasteiger partial charge on any atom is -0.390 e. The highest BCUT2D eigenvalue weighted by Crippen LogP contribution is 2.45. The quantitative estimate of drug-likeness (QED) is 0.822. The second-order valence-electron chi connectivity index (χ2n) is 6.61. The van der Waals surface area contributed by atoms with Gasteiger partial charge < -0.3 is 5.11 Å². The lowest BCUT2D eigenvalue weighted by atomic mass is 9.84. The molecule has 1 saturated carbocycles. The minimum atomic E-state index is -0.486. The monoisotopic (exact) mass is 232 g/mol. The Morgan fingerprint density at radius 3 is 2.18 bits per heavy atom. The molecule has 1 aliphatic rings. The fraction of sp³-hybridized carbons (Fsp3) is 0.625. The molecule has 1 aromatic rings. The van der Waals surface area contributed by atoms with Crippen molar-refractivity contribution >= 4 is 0 Å². The lowest BCUT2D eigenvalue weighted by molar-refractivity contribution is 0.0376. The zero-order chi connectivity index (χ0) is 12.7. The van der Waals surface area contributed by atoms with Gasteiger partial charge in [0.15, 0.2) is 0 Å². The van der Waals surface area contributed by atoms with Gasteiger partial charge in [-0.25, -0.2) is 0 Å². The molecule has 1 atom stereocenters. The molecule has 17 heavy (non-hydrogen) atoms. The van der Waals surface area contributed by atoms with Crippen molar-refractivity contribution in [2.24, 2.45) is 5.41 Å². The summed E-state index contributed by atoms with van der Waals surface area (Å²) in [6, 6.07) is 6.38. The van der Waals surface area contributed by atoms with Crippen LogP contribution in [0.5, 0.6) is 0 Å². The minimum absolute atomic E-state index is 0.297. The standard InChI is InChI=1S/C16H24O/c1-12-6-5-7-13(2)14(12)10-16(17)9-8-15(3,4)11-16/h5-7,17H,8-11H2,1-4H3. The van der Waals surface area contributed by atoms with E-state index < -0.39 is 5.60 Å². The fourth-order valence-electron chi connectivity index (χ4n) is 3.25. The van der Waals surface area contributed by atoms with E-state index in [0.29, 0.717) is 5.41 Å². The number of aliphatic hydroxyl groups is 1. The Balaban J connectivity index is 2.22. The van der Waals surface area contributed by atoms with Crippen molar-refractivity contribution in [1.82, 2.24) is 0 Å². The zero-order valence-electron chi connectivity index (χ0n) is 11.5. The lowest BCUT2D eigenvalue weighted by Gasteiger charge is -2.27. The molecule has 0 saturated heterocycles. The van der Waals surface area contributed by atoms with Crippen LogP contribution in [0.4, 0.5) is 0 Å². The van der Waals surface area contributed by atoms with Crippen molar-refractivity contribution in [1.29, 1.82) is 0 Å². The molecular weight excluding hydrogens is 208 g/mol. The Kier molecular flexibility index (Phi) is 3.07. The van der Waals surface area contributed by atoms with Crippen molar-refractivity contribution in [2.45, 2.75) is 59.0 Å². The summed E-state index contributed by atoms with van der Waals surface area (Å²) in [4.78, 5) is 0. The maximum absolute atomic E-state index is 10.7. The number of hydrogen-bond acceptors (Lipinski definition) is 1. The van der Waals surface area contributed by atoms with E-state index in [1.807, 2.05) is 0 Å². The Labute approximate surface area is 105 Å². The molecule has 2 rings (SSSR count). The molecule has 1 unspecified atom stereocenters. The molecule has 0 aliphatic heterocycles. The predicted molar refractivity (Wildman–Crippen MR) is 72.2 cm³/mol. The summed E-state index contributed by atoms with van der Waals surface area (Å²) < 4.78 is 0. The molecule has 0 amide bonds. The molecule has 0 bridgehead atoms. The van der Waals surface area contributed by atoms with Gasteiger partial charge in [-0.2, -0.15) is 0 Å². The largest absolute Gasteiger partial charge is 0.390 e. The molecule has 1 nitrogen and oxygen atoms in total. The molecule has 1 aliphatic carbocycles. The molecule has 1 heteroatoms. The molecular formula is C16H24O. The number of aryl methyl sites for hydroxylation is 2. The molecule has 1 N–H and O–H groups in total. The van der Waals surface area contributed by atoms with E-state index in [2.05, 4.69) is 45.9 Å². The van der Waals surface area contributed by atoms with Crippen molar-refractivity contribution in [3.05, 3.63) is 34.9 Å². The molecule has 1 aromatic carbocycles. The van der Waals surface area contributed by atoms with Crippen LogP contribution < -0.4 is 0 Å². The average Bonchev–Trinajstić information content (AvgIpc) is 2.48. The molecule has 0 spiro atoms. The highest BCUT2D eigenvalue weighted by Gasteiger charge is 2.41. The van der Waals surface area contributed by atoms with Gasteiger partial charge in [0.1, 0.15) is 0 Å². The molecule has 1 fully saturated rings. The van der Waals surface area contributed by atoms with E-state index in [-0.39, 0.29) is 0 Å². The number of hydrogen-bond donors (Lipinski definition) is 1. The lowest BCUT2D eigenvalue weighted by Crippen LogP contribution is -2.29. The average molecular weight is 232 g/mol. The van der Waals surface area contributed by atoms with Gasteiger partial charge in [-0.05, 0) is 55.2 Å². The van der Waals surface area contributed by atoms with Crippen LogP contribution >= 0.6 is 0 Å². The third-order valence-electron chi connectivity index (χ3n) is 4.23. The predicted octanol–water partition coefficient (Wildman–Crippen LogP) is 3.79. The van der Waals surface area contributed by atoms with Gasteiger partial charge in [0.2, 0.25) is 0 Å². The Morgan fingerprint density at radius 2 is 1.71 bits per heavy atom. The van der Waals surface area contributed by atoms with Gasteiger partial charge in [-0.1, -0.05) is 32.0 Å². The summed E-state index contributed by atoms with van der Waals surface area (Å²) in [6.45, 7) is 8.81. The first kappa shape index (κ1) is 12.6. The van der Waals surface area contributed by atoms with Crippen molar-refractivity contribution in [3.8, 4) is 0 Å². The van der Waals surface area contributed by atoms with Gasteiger partial charge in [-0.3, -0.25) is 0 Å². The maximum Gasteiger partial charge on any atom is 0.0693 e. The van der Waals surface area contributed by atoms with Crippen LogP contribution in [0.2, 0.25) is 0 Å². The third kappa shape index (κ3) is 2.71. The molecule has 94 valence electrons. The van der Waals surface area contributed by atoms with Crippen LogP contribution in [0.25, 0.3) is 0 Å². The Bertz CT molecular complexity index is 399. The van der Waals surface area contributed by atoms with Gasteiger partial charge >= 0.3 is 0 Å². The van der Waals surface area contributed by atoms with E-state index in [4.69, 9.17) is 0 Å². The molecule has 0 radical (unpaired) electrons. The normalized spacial score (nSPS) is 27.4. The summed E-state index contributed by atoms with van der Waals surface area (Å²) in [5.41, 5.74) is 3.77. The van der Waals surface area contributed by atoms with Crippen LogP contribution in [0, 0.1) is 19.3 Å². The van der Waals surface area contributed by atoms with Crippen molar-refractivity contribution < 1.29 is 5.11 Å². The summed E-state index contributed by atoms with van der Waals surface area (Å²) in [6.07, 6.45) is 3.81. The molecule has 0 aromatic heterocycles. The van der Waals surface area contributed by atoms with Crippen LogP contribution in [-0.4, -0.2) is 10.7 Å². The Morgan fingerprint density at radius 1 is 1.12 bits per heavy atom. The maximum atomic E-state index is 10.7. The van der Waals surface area contributed by atoms with E-state index >= 15 is 0 Å². The van der Waals surface area contributed by atoms with Crippen LogP contribution in [0.1, 0.15) is 49.8 Å². The summed E-state index contributed by atoms with van der Waals surface area (Å²) in [5, 5.41) is 10.7. The highest BCUT2D eigenvalue weighted by molar-refractivity contribution is 5.35. The SMILES string of the molecule is Cc1cccc(C)c1CC1(O)CCC(C)(C)C1. The zero-order valence-corrected chi connectivity index (χ0v) is 11.5.